The highest BCUT2D eigenvalue weighted by Crippen LogP contribution is 2.24. The van der Waals surface area contributed by atoms with Gasteiger partial charge in [-0.05, 0) is 44.0 Å². The first-order chi connectivity index (χ1) is 33.4. The molecule has 0 saturated carbocycles. The van der Waals surface area contributed by atoms with Crippen molar-refractivity contribution in [1.29, 1.82) is 0 Å². The molecule has 21 heteroatoms. The molecule has 7 N–H and O–H groups in total. The molecule has 0 aliphatic carbocycles. The predicted octanol–water partition coefficient (Wildman–Crippen LogP) is 1.83. The summed E-state index contributed by atoms with van der Waals surface area (Å²) in [5.74, 6) is -4.08. The maximum atomic E-state index is 12.7. The lowest BCUT2D eigenvalue weighted by atomic mass is 9.86. The first kappa shape index (κ1) is 64.2. The van der Waals surface area contributed by atoms with E-state index in [-0.39, 0.29) is 99.6 Å². The summed E-state index contributed by atoms with van der Waals surface area (Å²) in [5, 5.41) is 34.4. The third-order valence-electron chi connectivity index (χ3n) is 12.1. The molecule has 0 spiro atoms. The molecule has 2 saturated heterocycles. The zero-order valence-electron chi connectivity index (χ0n) is 42.8. The lowest BCUT2D eigenvalue weighted by Crippen LogP contribution is -2.42. The zero-order chi connectivity index (χ0) is 53.5. The van der Waals surface area contributed by atoms with Crippen LogP contribution in [0.15, 0.2) is 60.7 Å². The second-order valence-electron chi connectivity index (χ2n) is 18.5. The van der Waals surface area contributed by atoms with E-state index in [4.69, 9.17) is 10.8 Å². The number of nitrogens with one attached hydrogen (secondary N) is 2. The summed E-state index contributed by atoms with van der Waals surface area (Å²) in [4.78, 5) is 126. The zero-order valence-corrected chi connectivity index (χ0v) is 43.6. The first-order valence-corrected chi connectivity index (χ1v) is 23.9. The Morgan fingerprint density at radius 3 is 1.36 bits per heavy atom. The lowest BCUT2D eigenvalue weighted by molar-refractivity contribution is -0.142. The van der Waals surface area contributed by atoms with Gasteiger partial charge >= 0.3 is 5.97 Å². The molecular formula is C51H76ClN7O13. The second kappa shape index (κ2) is 32.3. The standard InChI is InChI=1S/C26H37N3O6.C19H29N3O4.C6H9NO3.ClH/c1-5-9-18(14-22(32)20-15-19(30)16-29(20)4)25(34)21(31)12-13-23(33)27-24(26(35)28(2)3)17-10-7-6-8-11-17;1-4-8-14(20)18(25)15(23)11-12-16(24)21-17(19(26)22(2)3)13-9-6-5-7-10-13;1-7-3-4(8)2-5(7)6(9)10;/h6-8,10-11,18,20,24-25,34H,5,9,12-16H2,1-4H3,(H,27,33);5-7,9-10,14,17-18,25H,4,8,11-12,20H2,1-3H3,(H,21,24);5H,2-3H2,1H3,(H,9,10);1H/t18?,20-,24-,25?;14?,17-,18?;;/m00../s1. The molecule has 2 aromatic carbocycles. The van der Waals surface area contributed by atoms with Gasteiger partial charge in [-0.2, -0.15) is 0 Å². The number of Topliss-reactive ketones (excluding diaryl/α,β-unsaturated/α-hetero) is 5. The molecule has 8 atom stereocenters. The average molecular weight is 1030 g/mol. The van der Waals surface area contributed by atoms with Gasteiger partial charge < -0.3 is 41.5 Å². The van der Waals surface area contributed by atoms with Crippen molar-refractivity contribution in [2.45, 2.75) is 127 Å². The molecule has 2 aromatic rings. The minimum Gasteiger partial charge on any atom is -0.480 e. The fraction of sp³-hybridized carbons (Fsp3) is 0.569. The Morgan fingerprint density at radius 1 is 0.639 bits per heavy atom. The predicted molar refractivity (Wildman–Crippen MR) is 270 cm³/mol. The van der Waals surface area contributed by atoms with E-state index in [0.717, 1.165) is 6.42 Å². The number of aliphatic carboxylic acids is 1. The number of hydrogen-bond acceptors (Lipinski definition) is 15. The number of carboxylic acid groups (broad SMARTS) is 1. The van der Waals surface area contributed by atoms with Crippen molar-refractivity contribution in [3.63, 3.8) is 0 Å². The van der Waals surface area contributed by atoms with Gasteiger partial charge in [0.2, 0.25) is 23.6 Å². The van der Waals surface area contributed by atoms with Crippen molar-refractivity contribution in [2.75, 3.05) is 55.4 Å². The molecule has 4 rings (SSSR count). The van der Waals surface area contributed by atoms with Gasteiger partial charge in [0.25, 0.3) is 0 Å². The number of halogens is 1. The van der Waals surface area contributed by atoms with Gasteiger partial charge in [0, 0.05) is 79.2 Å². The van der Waals surface area contributed by atoms with Gasteiger partial charge in [-0.3, -0.25) is 57.7 Å². The molecule has 5 unspecified atom stereocenters. The summed E-state index contributed by atoms with van der Waals surface area (Å²) in [5.41, 5.74) is 7.03. The molecule has 0 aromatic heterocycles. The van der Waals surface area contributed by atoms with Gasteiger partial charge in [0.15, 0.2) is 17.3 Å². The van der Waals surface area contributed by atoms with Crippen LogP contribution in [0, 0.1) is 5.92 Å². The van der Waals surface area contributed by atoms with Gasteiger partial charge in [0.05, 0.1) is 19.1 Å². The van der Waals surface area contributed by atoms with Crippen LogP contribution in [0.3, 0.4) is 0 Å². The molecule has 0 bridgehead atoms. The summed E-state index contributed by atoms with van der Waals surface area (Å²) in [6, 6.07) is 14.3. The van der Waals surface area contributed by atoms with Crippen LogP contribution >= 0.6 is 12.4 Å². The van der Waals surface area contributed by atoms with Crippen molar-refractivity contribution in [1.82, 2.24) is 30.2 Å². The number of amides is 4. The Labute approximate surface area is 428 Å². The van der Waals surface area contributed by atoms with E-state index < -0.39 is 77.7 Å². The second-order valence-corrected chi connectivity index (χ2v) is 18.5. The van der Waals surface area contributed by atoms with Gasteiger partial charge in [-0.15, -0.1) is 12.4 Å². The molecule has 20 nitrogen and oxygen atoms in total. The topological polar surface area (TPSA) is 294 Å². The quantitative estimate of drug-likeness (QED) is 0.0874. The Kier molecular flexibility index (Phi) is 28.9. The number of nitrogens with two attached hydrogens (primary N) is 1. The van der Waals surface area contributed by atoms with Crippen LogP contribution in [0.25, 0.3) is 0 Å². The monoisotopic (exact) mass is 1030 g/mol. The van der Waals surface area contributed by atoms with E-state index in [2.05, 4.69) is 10.6 Å². The molecule has 2 aliphatic rings. The molecule has 72 heavy (non-hydrogen) atoms. The third-order valence-corrected chi connectivity index (χ3v) is 12.1. The number of hydrogen-bond donors (Lipinski definition) is 6. The van der Waals surface area contributed by atoms with Crippen LogP contribution in [0.2, 0.25) is 0 Å². The summed E-state index contributed by atoms with van der Waals surface area (Å²) in [7, 11) is 9.77. The number of benzene rings is 2. The van der Waals surface area contributed by atoms with Gasteiger partial charge in [-0.1, -0.05) is 87.4 Å². The van der Waals surface area contributed by atoms with Crippen molar-refractivity contribution in [2.24, 2.45) is 11.7 Å². The molecule has 400 valence electrons. The normalized spacial score (nSPS) is 17.9. The fourth-order valence-corrected chi connectivity index (χ4v) is 8.03. The SMILES string of the molecule is CCCC(CC(=O)[C@@H]1CC(=O)CN1C)C(O)C(=O)CCC(=O)N[C@H](C(=O)N(C)C)c1ccccc1.CCCC(N)C(O)C(=O)CCC(=O)N[C@H](C(=O)N(C)C)c1ccccc1.CN1CC(=O)CC1C(=O)O.Cl. The number of aliphatic hydroxyl groups excluding tert-OH is 2. The number of carboxylic acids is 1. The Bertz CT molecular complexity index is 2130. The van der Waals surface area contributed by atoms with E-state index >= 15 is 0 Å². The first-order valence-electron chi connectivity index (χ1n) is 23.9. The van der Waals surface area contributed by atoms with Crippen LogP contribution in [0.1, 0.15) is 108 Å². The summed E-state index contributed by atoms with van der Waals surface area (Å²) < 4.78 is 0. The number of likely N-dealkylation sites (tertiary alicyclic amines) is 2. The van der Waals surface area contributed by atoms with E-state index in [1.54, 1.807) is 101 Å². The van der Waals surface area contributed by atoms with Crippen LogP contribution < -0.4 is 16.4 Å². The number of ketones is 5. The lowest BCUT2D eigenvalue weighted by Gasteiger charge is -2.24. The number of carbonyl (C=O) groups excluding carboxylic acids is 9. The van der Waals surface area contributed by atoms with E-state index in [0.29, 0.717) is 30.4 Å². The van der Waals surface area contributed by atoms with E-state index in [9.17, 15) is 58.2 Å². The van der Waals surface area contributed by atoms with E-state index in [1.165, 1.54) is 9.80 Å². The molecule has 4 amide bonds. The minimum absolute atomic E-state index is 0. The summed E-state index contributed by atoms with van der Waals surface area (Å²) in [6.45, 7) is 4.32. The minimum atomic E-state index is -1.37. The largest absolute Gasteiger partial charge is 0.480 e. The van der Waals surface area contributed by atoms with Crippen LogP contribution in [-0.4, -0.2) is 179 Å². The number of nitrogens with zero attached hydrogens (tertiary/aromatic N) is 4. The molecule has 2 aliphatic heterocycles. The van der Waals surface area contributed by atoms with Crippen LogP contribution in [0.5, 0.6) is 0 Å². The number of rotatable bonds is 24. The highest BCUT2D eigenvalue weighted by Gasteiger charge is 2.37. The van der Waals surface area contributed by atoms with Crippen molar-refractivity contribution < 1.29 is 63.3 Å². The highest BCUT2D eigenvalue weighted by molar-refractivity contribution is 5.96. The smallest absolute Gasteiger partial charge is 0.321 e. The maximum Gasteiger partial charge on any atom is 0.321 e. The third kappa shape index (κ3) is 21.1. The number of carbonyl (C=O) groups is 10. The number of aliphatic hydroxyl groups is 2. The summed E-state index contributed by atoms with van der Waals surface area (Å²) in [6.07, 6.45) is -0.506. The average Bonchev–Trinajstić information content (AvgIpc) is 3.88. The Hall–Kier alpha value is -5.77. The molecule has 0 radical (unpaired) electrons. The van der Waals surface area contributed by atoms with Crippen LogP contribution in [0.4, 0.5) is 0 Å². The maximum absolute atomic E-state index is 12.7. The molecular weight excluding hydrogens is 954 g/mol. The molecule has 2 fully saturated rings. The van der Waals surface area contributed by atoms with Crippen LogP contribution in [-0.2, 0) is 47.9 Å². The van der Waals surface area contributed by atoms with Crippen molar-refractivity contribution in [3.8, 4) is 0 Å². The fourth-order valence-electron chi connectivity index (χ4n) is 8.03. The van der Waals surface area contributed by atoms with Gasteiger partial charge in [-0.25, -0.2) is 0 Å². The number of likely N-dealkylation sites (N-methyl/N-ethyl adjacent to an activating group) is 4. The Morgan fingerprint density at radius 2 is 1.03 bits per heavy atom. The Balaban J connectivity index is 0.000000612. The van der Waals surface area contributed by atoms with E-state index in [1.807, 2.05) is 26.0 Å². The highest BCUT2D eigenvalue weighted by atomic mass is 35.5. The van der Waals surface area contributed by atoms with Crippen molar-refractivity contribution >= 4 is 70.9 Å². The molecule has 2 heterocycles. The van der Waals surface area contributed by atoms with Gasteiger partial charge in [0.1, 0.15) is 41.9 Å². The van der Waals surface area contributed by atoms with Crippen molar-refractivity contribution in [3.05, 3.63) is 71.8 Å². The summed E-state index contributed by atoms with van der Waals surface area (Å²) >= 11 is 0.